The van der Waals surface area contributed by atoms with Crippen molar-refractivity contribution in [1.82, 2.24) is 10.0 Å². The van der Waals surface area contributed by atoms with Gasteiger partial charge in [-0.15, -0.1) is 9.60 Å². The summed E-state index contributed by atoms with van der Waals surface area (Å²) in [6, 6.07) is 0.875. The molecule has 1 aliphatic rings. The van der Waals surface area contributed by atoms with Crippen molar-refractivity contribution in [3.8, 4) is 0 Å². The minimum Gasteiger partial charge on any atom is -0.447 e. The van der Waals surface area contributed by atoms with Crippen LogP contribution in [-0.2, 0) is 9.53 Å². The van der Waals surface area contributed by atoms with Crippen molar-refractivity contribution in [2.45, 2.75) is 25.4 Å². The highest BCUT2D eigenvalue weighted by molar-refractivity contribution is 5.93. The van der Waals surface area contributed by atoms with Crippen LogP contribution in [0.2, 0.25) is 0 Å². The first-order valence-corrected chi connectivity index (χ1v) is 6.63. The van der Waals surface area contributed by atoms with Gasteiger partial charge in [0.15, 0.2) is 0 Å². The van der Waals surface area contributed by atoms with E-state index < -0.39 is 42.1 Å². The van der Waals surface area contributed by atoms with Crippen LogP contribution in [0.15, 0.2) is 18.2 Å². The van der Waals surface area contributed by atoms with Crippen LogP contribution >= 0.6 is 0 Å². The zero-order valence-corrected chi connectivity index (χ0v) is 12.1. The van der Waals surface area contributed by atoms with E-state index in [4.69, 9.17) is 4.74 Å². The van der Waals surface area contributed by atoms with Crippen molar-refractivity contribution in [3.05, 3.63) is 35.4 Å². The van der Waals surface area contributed by atoms with E-state index in [1.165, 1.54) is 0 Å². The molecule has 1 heterocycles. The lowest BCUT2D eigenvalue weighted by Gasteiger charge is -2.23. The lowest BCUT2D eigenvalue weighted by atomic mass is 10.0. The molecule has 120 valence electrons. The number of imide groups is 1. The van der Waals surface area contributed by atoms with Gasteiger partial charge < -0.3 is 4.74 Å². The summed E-state index contributed by atoms with van der Waals surface area (Å²) in [5.74, 6) is -2.42. The molecule has 1 saturated heterocycles. The molecular weight excluding hydrogens is 301 g/mol. The molecule has 1 fully saturated rings. The molecule has 0 aromatic heterocycles. The maximum atomic E-state index is 13.7. The van der Waals surface area contributed by atoms with Crippen LogP contribution < -0.4 is 0 Å². The SMILES string of the molecule is CC1COC(=O)N1C(=O)CC(c1cc(F)cc(F)c1)N(C)F. The van der Waals surface area contributed by atoms with Crippen LogP contribution in [0.3, 0.4) is 0 Å². The number of hydrogen-bond acceptors (Lipinski definition) is 4. The quantitative estimate of drug-likeness (QED) is 0.801. The van der Waals surface area contributed by atoms with E-state index in [9.17, 15) is 22.9 Å². The van der Waals surface area contributed by atoms with E-state index in [0.717, 1.165) is 24.1 Å². The van der Waals surface area contributed by atoms with Gasteiger partial charge >= 0.3 is 6.09 Å². The molecule has 2 unspecified atom stereocenters. The number of halogens is 3. The fraction of sp³-hybridized carbons (Fsp3) is 0.429. The first-order chi connectivity index (χ1) is 10.3. The zero-order chi connectivity index (χ0) is 16.4. The van der Waals surface area contributed by atoms with E-state index in [0.29, 0.717) is 6.07 Å². The Balaban J connectivity index is 2.22. The maximum absolute atomic E-state index is 13.7. The Morgan fingerprint density at radius 3 is 2.45 bits per heavy atom. The maximum Gasteiger partial charge on any atom is 0.416 e. The molecule has 0 saturated carbocycles. The van der Waals surface area contributed by atoms with E-state index in [1.807, 2.05) is 0 Å². The third-order valence-corrected chi connectivity index (χ3v) is 3.42. The fourth-order valence-corrected chi connectivity index (χ4v) is 2.34. The van der Waals surface area contributed by atoms with Crippen molar-refractivity contribution < 1.29 is 27.6 Å². The number of nitrogens with zero attached hydrogens (tertiary/aromatic N) is 2. The number of amides is 2. The molecule has 0 radical (unpaired) electrons. The monoisotopic (exact) mass is 316 g/mol. The van der Waals surface area contributed by atoms with Gasteiger partial charge in [0.05, 0.1) is 12.1 Å². The van der Waals surface area contributed by atoms with Crippen molar-refractivity contribution in [1.29, 1.82) is 0 Å². The molecule has 1 aromatic rings. The molecule has 0 spiro atoms. The van der Waals surface area contributed by atoms with Gasteiger partial charge in [-0.2, -0.15) is 0 Å². The summed E-state index contributed by atoms with van der Waals surface area (Å²) in [6.45, 7) is 1.67. The van der Waals surface area contributed by atoms with Crippen molar-refractivity contribution in [2.24, 2.45) is 0 Å². The molecule has 1 aromatic carbocycles. The average molecular weight is 316 g/mol. The molecule has 2 amide bonds. The minimum atomic E-state index is -1.21. The summed E-state index contributed by atoms with van der Waals surface area (Å²) in [5.41, 5.74) is -0.0314. The summed E-state index contributed by atoms with van der Waals surface area (Å²) in [7, 11) is 1.03. The van der Waals surface area contributed by atoms with Crippen molar-refractivity contribution in [3.63, 3.8) is 0 Å². The third kappa shape index (κ3) is 3.38. The van der Waals surface area contributed by atoms with E-state index in [2.05, 4.69) is 0 Å². The highest BCUT2D eigenvalue weighted by atomic mass is 19.2. The summed E-state index contributed by atoms with van der Waals surface area (Å²) in [6.07, 6.45) is -1.25. The standard InChI is InChI=1S/C14H15F3N2O3/c1-8-7-22-14(21)19(8)13(20)6-12(18(2)17)9-3-10(15)5-11(16)4-9/h3-5,8,12H,6-7H2,1-2H3. The van der Waals surface area contributed by atoms with Crippen molar-refractivity contribution >= 4 is 12.0 Å². The van der Waals surface area contributed by atoms with Gasteiger partial charge in [-0.1, -0.05) is 0 Å². The van der Waals surface area contributed by atoms with E-state index in [1.54, 1.807) is 6.92 Å². The Kier molecular flexibility index (Phi) is 4.70. The topological polar surface area (TPSA) is 49.9 Å². The molecule has 5 nitrogen and oxygen atoms in total. The molecule has 2 atom stereocenters. The molecule has 22 heavy (non-hydrogen) atoms. The molecule has 1 aliphatic heterocycles. The second-order valence-corrected chi connectivity index (χ2v) is 5.14. The first-order valence-electron chi connectivity index (χ1n) is 6.63. The van der Waals surface area contributed by atoms with Gasteiger partial charge in [-0.3, -0.25) is 4.79 Å². The molecule has 0 N–H and O–H groups in total. The molecular formula is C14H15F3N2O3. The highest BCUT2D eigenvalue weighted by Gasteiger charge is 2.36. The first kappa shape index (κ1) is 16.3. The molecule has 0 bridgehead atoms. The lowest BCUT2D eigenvalue weighted by Crippen LogP contribution is -2.39. The van der Waals surface area contributed by atoms with Gasteiger partial charge in [-0.05, 0) is 24.6 Å². The predicted octanol–water partition coefficient (Wildman–Crippen LogP) is 2.58. The summed E-state index contributed by atoms with van der Waals surface area (Å²) >= 11 is 0. The van der Waals surface area contributed by atoms with Crippen molar-refractivity contribution in [2.75, 3.05) is 13.7 Å². The van der Waals surface area contributed by atoms with Gasteiger partial charge in [-0.25, -0.2) is 18.5 Å². The molecule has 0 aliphatic carbocycles. The Labute approximate surface area is 125 Å². The largest absolute Gasteiger partial charge is 0.447 e. The van der Waals surface area contributed by atoms with Gasteiger partial charge in [0, 0.05) is 19.5 Å². The van der Waals surface area contributed by atoms with E-state index in [-0.39, 0.29) is 17.3 Å². The summed E-state index contributed by atoms with van der Waals surface area (Å²) in [5, 5.41) is 0.179. The van der Waals surface area contributed by atoms with Crippen LogP contribution in [-0.4, -0.2) is 41.7 Å². The van der Waals surface area contributed by atoms with Crippen LogP contribution in [0.5, 0.6) is 0 Å². The van der Waals surface area contributed by atoms with Gasteiger partial charge in [0.25, 0.3) is 0 Å². The second kappa shape index (κ2) is 6.35. The fourth-order valence-electron chi connectivity index (χ4n) is 2.34. The number of hydrogen-bond donors (Lipinski definition) is 0. The normalized spacial score (nSPS) is 19.5. The molecule has 8 heteroatoms. The number of ether oxygens (including phenoxy) is 1. The highest BCUT2D eigenvalue weighted by Crippen LogP contribution is 2.27. The van der Waals surface area contributed by atoms with Gasteiger partial charge in [0.2, 0.25) is 5.91 Å². The number of carbonyl (C=O) groups is 2. The Morgan fingerprint density at radius 2 is 2.00 bits per heavy atom. The number of rotatable bonds is 4. The Morgan fingerprint density at radius 1 is 1.41 bits per heavy atom. The van der Waals surface area contributed by atoms with Crippen LogP contribution in [0, 0.1) is 11.6 Å². The lowest BCUT2D eigenvalue weighted by molar-refractivity contribution is -0.132. The number of benzene rings is 1. The van der Waals surface area contributed by atoms with Crippen LogP contribution in [0.4, 0.5) is 18.1 Å². The average Bonchev–Trinajstić information content (AvgIpc) is 2.73. The smallest absolute Gasteiger partial charge is 0.416 e. The number of cyclic esters (lactones) is 1. The van der Waals surface area contributed by atoms with Crippen LogP contribution in [0.25, 0.3) is 0 Å². The second-order valence-electron chi connectivity index (χ2n) is 5.14. The van der Waals surface area contributed by atoms with E-state index >= 15 is 0 Å². The van der Waals surface area contributed by atoms with Crippen LogP contribution in [0.1, 0.15) is 24.9 Å². The minimum absolute atomic E-state index is 0.0314. The number of carbonyl (C=O) groups excluding carboxylic acids is 2. The summed E-state index contributed by atoms with van der Waals surface area (Å²) < 4.78 is 44.9. The third-order valence-electron chi connectivity index (χ3n) is 3.42. The Bertz CT molecular complexity index is 574. The molecule has 2 rings (SSSR count). The zero-order valence-electron chi connectivity index (χ0n) is 12.1. The predicted molar refractivity (Wildman–Crippen MR) is 70.2 cm³/mol. The Hall–Kier alpha value is -2.09. The summed E-state index contributed by atoms with van der Waals surface area (Å²) in [4.78, 5) is 24.5. The van der Waals surface area contributed by atoms with Gasteiger partial charge in [0.1, 0.15) is 18.2 Å².